The molecule has 0 amide bonds. The molecule has 5 nitrogen and oxygen atoms in total. The maximum Gasteiger partial charge on any atom is 0.182 e. The van der Waals surface area contributed by atoms with Crippen LogP contribution in [0.2, 0.25) is 0 Å². The second-order valence-corrected chi connectivity index (χ2v) is 5.62. The zero-order valence-electron chi connectivity index (χ0n) is 9.20. The average Bonchev–Trinajstić information content (AvgIpc) is 2.78. The molecule has 1 aromatic heterocycles. The highest BCUT2D eigenvalue weighted by atomic mass is 32.2. The molecule has 94 valence electrons. The van der Waals surface area contributed by atoms with Crippen LogP contribution in [0.4, 0.5) is 0 Å². The standard InChI is InChI=1S/C12H10O5S/c13-12(14)11-9(6-7-17-11)8-18(15,16)10-4-2-1-3-5-10/h1-7H,8H2,(H,13,14)/p-1. The minimum Gasteiger partial charge on any atom is -0.542 e. The van der Waals surface area contributed by atoms with Gasteiger partial charge in [-0.05, 0) is 18.2 Å². The molecule has 2 aromatic rings. The zero-order chi connectivity index (χ0) is 13.2. The highest BCUT2D eigenvalue weighted by molar-refractivity contribution is 7.90. The number of carboxylic acids is 1. The number of carbonyl (C=O) groups excluding carboxylic acids is 1. The molecule has 0 radical (unpaired) electrons. The summed E-state index contributed by atoms with van der Waals surface area (Å²) in [5.74, 6) is -2.41. The van der Waals surface area contributed by atoms with Crippen molar-refractivity contribution in [3.05, 3.63) is 54.0 Å². The van der Waals surface area contributed by atoms with E-state index in [1.165, 1.54) is 18.2 Å². The van der Waals surface area contributed by atoms with Crippen molar-refractivity contribution < 1.29 is 22.7 Å². The maximum atomic E-state index is 12.0. The number of carbonyl (C=O) groups is 1. The first-order valence-corrected chi connectivity index (χ1v) is 6.71. The molecule has 0 unspecified atom stereocenters. The summed E-state index contributed by atoms with van der Waals surface area (Å²) >= 11 is 0. The molecule has 1 heterocycles. The number of carboxylic acid groups (broad SMARTS) is 1. The number of furan rings is 1. The molecule has 0 aliphatic heterocycles. The molecule has 0 aliphatic carbocycles. The maximum absolute atomic E-state index is 12.0. The van der Waals surface area contributed by atoms with Gasteiger partial charge in [0.15, 0.2) is 15.6 Å². The van der Waals surface area contributed by atoms with Gasteiger partial charge in [-0.2, -0.15) is 0 Å². The van der Waals surface area contributed by atoms with Crippen molar-refractivity contribution in [2.24, 2.45) is 0 Å². The fourth-order valence-corrected chi connectivity index (χ4v) is 2.92. The van der Waals surface area contributed by atoms with Gasteiger partial charge in [0.1, 0.15) is 5.97 Å². The monoisotopic (exact) mass is 265 g/mol. The third kappa shape index (κ3) is 2.43. The fraction of sp³-hybridized carbons (Fsp3) is 0.0833. The van der Waals surface area contributed by atoms with Gasteiger partial charge in [-0.3, -0.25) is 0 Å². The van der Waals surface area contributed by atoms with Crippen LogP contribution in [0.25, 0.3) is 0 Å². The highest BCUT2D eigenvalue weighted by Gasteiger charge is 2.19. The van der Waals surface area contributed by atoms with Crippen LogP contribution in [-0.2, 0) is 15.6 Å². The molecule has 0 saturated heterocycles. The topological polar surface area (TPSA) is 87.4 Å². The lowest BCUT2D eigenvalue weighted by Crippen LogP contribution is -2.23. The van der Waals surface area contributed by atoms with Gasteiger partial charge >= 0.3 is 0 Å². The molecule has 0 atom stereocenters. The van der Waals surface area contributed by atoms with Crippen LogP contribution in [0.3, 0.4) is 0 Å². The molecule has 0 aliphatic rings. The Bertz CT molecular complexity index is 655. The van der Waals surface area contributed by atoms with Crippen molar-refractivity contribution in [1.82, 2.24) is 0 Å². The summed E-state index contributed by atoms with van der Waals surface area (Å²) in [6.07, 6.45) is 1.13. The minimum absolute atomic E-state index is 0.0823. The van der Waals surface area contributed by atoms with Crippen LogP contribution in [0.5, 0.6) is 0 Å². The number of hydrogen-bond donors (Lipinski definition) is 0. The Morgan fingerprint density at radius 2 is 1.83 bits per heavy atom. The third-order valence-corrected chi connectivity index (χ3v) is 4.06. The van der Waals surface area contributed by atoms with Crippen molar-refractivity contribution in [2.45, 2.75) is 10.6 Å². The Balaban J connectivity index is 2.34. The Morgan fingerprint density at radius 3 is 2.44 bits per heavy atom. The molecule has 0 bridgehead atoms. The van der Waals surface area contributed by atoms with Gasteiger partial charge in [-0.15, -0.1) is 0 Å². The summed E-state index contributed by atoms with van der Waals surface area (Å²) in [5.41, 5.74) is 0.0823. The Morgan fingerprint density at radius 1 is 1.17 bits per heavy atom. The number of benzene rings is 1. The van der Waals surface area contributed by atoms with E-state index in [1.54, 1.807) is 18.2 Å². The van der Waals surface area contributed by atoms with Crippen molar-refractivity contribution >= 4 is 15.8 Å². The summed E-state index contributed by atoms with van der Waals surface area (Å²) < 4.78 is 28.7. The summed E-state index contributed by atoms with van der Waals surface area (Å²) in [7, 11) is -3.59. The largest absolute Gasteiger partial charge is 0.542 e. The van der Waals surface area contributed by atoms with E-state index in [1.807, 2.05) is 0 Å². The second-order valence-electron chi connectivity index (χ2n) is 3.63. The SMILES string of the molecule is O=C([O-])c1occc1CS(=O)(=O)c1ccccc1. The van der Waals surface area contributed by atoms with Crippen molar-refractivity contribution in [3.63, 3.8) is 0 Å². The van der Waals surface area contributed by atoms with Gasteiger partial charge in [0, 0.05) is 5.56 Å². The van der Waals surface area contributed by atoms with E-state index < -0.39 is 27.3 Å². The van der Waals surface area contributed by atoms with E-state index in [9.17, 15) is 18.3 Å². The molecule has 2 rings (SSSR count). The molecular formula is C12H9O5S-. The normalized spacial score (nSPS) is 11.3. The lowest BCUT2D eigenvalue weighted by atomic mass is 10.3. The van der Waals surface area contributed by atoms with E-state index in [4.69, 9.17) is 0 Å². The highest BCUT2D eigenvalue weighted by Crippen LogP contribution is 2.19. The minimum atomic E-state index is -3.59. The van der Waals surface area contributed by atoms with Crippen LogP contribution in [0.15, 0.2) is 52.0 Å². The van der Waals surface area contributed by atoms with Crippen LogP contribution in [-0.4, -0.2) is 14.4 Å². The molecular weight excluding hydrogens is 256 g/mol. The first-order valence-electron chi connectivity index (χ1n) is 5.06. The Kier molecular flexibility index (Phi) is 3.20. The molecule has 1 aromatic carbocycles. The van der Waals surface area contributed by atoms with Gasteiger partial charge in [0.2, 0.25) is 0 Å². The van der Waals surface area contributed by atoms with Gasteiger partial charge in [-0.25, -0.2) is 8.42 Å². The predicted octanol–water partition coefficient (Wildman–Crippen LogP) is 0.617. The van der Waals surface area contributed by atoms with Crippen LogP contribution < -0.4 is 5.11 Å². The van der Waals surface area contributed by atoms with Crippen LogP contribution in [0, 0.1) is 0 Å². The second kappa shape index (κ2) is 4.66. The fourth-order valence-electron chi connectivity index (χ4n) is 1.54. The average molecular weight is 265 g/mol. The van der Waals surface area contributed by atoms with E-state index >= 15 is 0 Å². The zero-order valence-corrected chi connectivity index (χ0v) is 10.0. The van der Waals surface area contributed by atoms with Gasteiger partial charge in [-0.1, -0.05) is 18.2 Å². The molecule has 18 heavy (non-hydrogen) atoms. The molecule has 0 spiro atoms. The van der Waals surface area contributed by atoms with Crippen LogP contribution in [0.1, 0.15) is 16.1 Å². The Labute approximate surface area is 104 Å². The quantitative estimate of drug-likeness (QED) is 0.808. The molecule has 6 heteroatoms. The lowest BCUT2D eigenvalue weighted by molar-refractivity contribution is -0.257. The smallest absolute Gasteiger partial charge is 0.182 e. The summed E-state index contributed by atoms with van der Waals surface area (Å²) in [5, 5.41) is 10.7. The number of rotatable bonds is 4. The van der Waals surface area contributed by atoms with E-state index in [-0.39, 0.29) is 10.5 Å². The van der Waals surface area contributed by atoms with Gasteiger partial charge in [0.05, 0.1) is 16.9 Å². The number of sulfone groups is 1. The summed E-state index contributed by atoms with van der Waals surface area (Å²) in [4.78, 5) is 10.8. The predicted molar refractivity (Wildman–Crippen MR) is 60.4 cm³/mol. The van der Waals surface area contributed by atoms with Crippen molar-refractivity contribution in [2.75, 3.05) is 0 Å². The van der Waals surface area contributed by atoms with E-state index in [2.05, 4.69) is 4.42 Å². The van der Waals surface area contributed by atoms with Gasteiger partial charge < -0.3 is 14.3 Å². The lowest BCUT2D eigenvalue weighted by Gasteiger charge is -2.05. The summed E-state index contributed by atoms with van der Waals surface area (Å²) in [6, 6.07) is 9.11. The van der Waals surface area contributed by atoms with E-state index in [0.29, 0.717) is 0 Å². The van der Waals surface area contributed by atoms with Crippen molar-refractivity contribution in [1.29, 1.82) is 0 Å². The van der Waals surface area contributed by atoms with Gasteiger partial charge in [0.25, 0.3) is 0 Å². The summed E-state index contributed by atoms with van der Waals surface area (Å²) in [6.45, 7) is 0. The first kappa shape index (κ1) is 12.4. The number of hydrogen-bond acceptors (Lipinski definition) is 5. The molecule has 0 saturated carbocycles. The van der Waals surface area contributed by atoms with Crippen molar-refractivity contribution in [3.8, 4) is 0 Å². The number of aromatic carboxylic acids is 1. The first-order chi connectivity index (χ1) is 8.50. The third-order valence-electron chi connectivity index (χ3n) is 2.38. The molecule has 0 N–H and O–H groups in total. The Hall–Kier alpha value is -2.08. The van der Waals surface area contributed by atoms with E-state index in [0.717, 1.165) is 6.26 Å². The van der Waals surface area contributed by atoms with Crippen LogP contribution >= 0.6 is 0 Å². The molecule has 0 fully saturated rings.